The molecule has 2 heterocycles. The molecule has 0 saturated carbocycles. The molecule has 1 aliphatic rings. The van der Waals surface area contributed by atoms with Gasteiger partial charge in [-0.15, -0.1) is 0 Å². The number of amides is 1. The summed E-state index contributed by atoms with van der Waals surface area (Å²) in [5.74, 6) is -0.104. The first-order valence-corrected chi connectivity index (χ1v) is 3.67. The summed E-state index contributed by atoms with van der Waals surface area (Å²) >= 11 is 0. The van der Waals surface area contributed by atoms with E-state index in [1.807, 2.05) is 19.1 Å². The lowest BCUT2D eigenvalue weighted by Gasteiger charge is -2.18. The Kier molecular flexibility index (Phi) is 1.27. The van der Waals surface area contributed by atoms with Crippen molar-refractivity contribution in [2.24, 2.45) is 0 Å². The number of allylic oxidation sites excluding steroid dienone is 1. The Labute approximate surface area is 70.1 Å². The maximum absolute atomic E-state index is 10.9. The number of hydrogen-bond donors (Lipinski definition) is 1. The highest BCUT2D eigenvalue weighted by Gasteiger charge is 2.24. The van der Waals surface area contributed by atoms with Crippen LogP contribution < -0.4 is 5.32 Å². The molecule has 1 aromatic heterocycles. The standard InChI is InChI=1S/C9H8N2O/c1-5(2)6-3-4-7-8(10-6)9(12)11-7/h3-4H,1H2,2H3,(H,11,12). The van der Waals surface area contributed by atoms with Gasteiger partial charge < -0.3 is 5.32 Å². The third kappa shape index (κ3) is 0.830. The van der Waals surface area contributed by atoms with E-state index in [9.17, 15) is 4.79 Å². The Morgan fingerprint density at radius 2 is 2.33 bits per heavy atom. The van der Waals surface area contributed by atoms with Gasteiger partial charge in [0.1, 0.15) is 0 Å². The lowest BCUT2D eigenvalue weighted by molar-refractivity contribution is 0.100. The molecular weight excluding hydrogens is 152 g/mol. The van der Waals surface area contributed by atoms with Crippen molar-refractivity contribution in [3.05, 3.63) is 30.1 Å². The summed E-state index contributed by atoms with van der Waals surface area (Å²) in [6.45, 7) is 5.62. The highest BCUT2D eigenvalue weighted by molar-refractivity contribution is 6.16. The maximum Gasteiger partial charge on any atom is 0.276 e. The van der Waals surface area contributed by atoms with Crippen molar-refractivity contribution in [3.8, 4) is 0 Å². The summed E-state index contributed by atoms with van der Waals surface area (Å²) < 4.78 is 0. The Morgan fingerprint density at radius 3 is 2.92 bits per heavy atom. The molecule has 0 saturated heterocycles. The summed E-state index contributed by atoms with van der Waals surface area (Å²) in [4.78, 5) is 15.0. The molecule has 1 aromatic rings. The van der Waals surface area contributed by atoms with Crippen LogP contribution in [0.1, 0.15) is 23.1 Å². The molecule has 0 unspecified atom stereocenters. The van der Waals surface area contributed by atoms with E-state index >= 15 is 0 Å². The zero-order valence-corrected chi connectivity index (χ0v) is 6.72. The lowest BCUT2D eigenvalue weighted by Crippen LogP contribution is -2.26. The predicted octanol–water partition coefficient (Wildman–Crippen LogP) is 1.68. The van der Waals surface area contributed by atoms with Crippen molar-refractivity contribution in [2.45, 2.75) is 6.92 Å². The molecule has 2 rings (SSSR count). The van der Waals surface area contributed by atoms with E-state index in [1.165, 1.54) is 0 Å². The molecule has 0 bridgehead atoms. The van der Waals surface area contributed by atoms with Crippen LogP contribution in [0, 0.1) is 0 Å². The molecule has 0 aliphatic carbocycles. The van der Waals surface area contributed by atoms with Crippen LogP contribution in [0.4, 0.5) is 5.69 Å². The summed E-state index contributed by atoms with van der Waals surface area (Å²) in [7, 11) is 0. The van der Waals surface area contributed by atoms with Crippen LogP contribution >= 0.6 is 0 Å². The summed E-state index contributed by atoms with van der Waals surface area (Å²) in [5.41, 5.74) is 2.99. The fraction of sp³-hybridized carbons (Fsp3) is 0.111. The third-order valence-corrected chi connectivity index (χ3v) is 1.80. The molecule has 1 aliphatic heterocycles. The topological polar surface area (TPSA) is 42.0 Å². The number of carbonyl (C=O) groups is 1. The minimum atomic E-state index is -0.104. The van der Waals surface area contributed by atoms with Crippen LogP contribution in [-0.4, -0.2) is 10.9 Å². The van der Waals surface area contributed by atoms with E-state index in [4.69, 9.17) is 0 Å². The van der Waals surface area contributed by atoms with Crippen molar-refractivity contribution in [2.75, 3.05) is 5.32 Å². The smallest absolute Gasteiger partial charge is 0.276 e. The molecule has 0 atom stereocenters. The number of fused-ring (bicyclic) bond motifs is 1. The van der Waals surface area contributed by atoms with Crippen molar-refractivity contribution in [1.82, 2.24) is 4.98 Å². The first-order chi connectivity index (χ1) is 5.68. The molecule has 3 nitrogen and oxygen atoms in total. The number of carbonyl (C=O) groups excluding carboxylic acids is 1. The number of nitrogens with zero attached hydrogens (tertiary/aromatic N) is 1. The van der Waals surface area contributed by atoms with Crippen LogP contribution in [0.5, 0.6) is 0 Å². The molecule has 0 fully saturated rings. The molecule has 12 heavy (non-hydrogen) atoms. The molecule has 3 heteroatoms. The third-order valence-electron chi connectivity index (χ3n) is 1.80. The summed E-state index contributed by atoms with van der Waals surface area (Å²) in [6.07, 6.45) is 0. The van der Waals surface area contributed by atoms with E-state index in [0.29, 0.717) is 5.69 Å². The van der Waals surface area contributed by atoms with Crippen molar-refractivity contribution >= 4 is 17.2 Å². The van der Waals surface area contributed by atoms with Gasteiger partial charge in [-0.3, -0.25) is 4.79 Å². The van der Waals surface area contributed by atoms with E-state index < -0.39 is 0 Å². The van der Waals surface area contributed by atoms with E-state index in [0.717, 1.165) is 17.0 Å². The number of anilines is 1. The van der Waals surface area contributed by atoms with Crippen molar-refractivity contribution in [3.63, 3.8) is 0 Å². The van der Waals surface area contributed by atoms with Crippen LogP contribution in [-0.2, 0) is 0 Å². The number of hydrogen-bond acceptors (Lipinski definition) is 2. The predicted molar refractivity (Wildman–Crippen MR) is 46.9 cm³/mol. The highest BCUT2D eigenvalue weighted by atomic mass is 16.2. The Balaban J connectivity index is 2.52. The SMILES string of the molecule is C=C(C)c1ccc2c(n1)C(=O)N2. The molecule has 0 aromatic carbocycles. The van der Waals surface area contributed by atoms with Crippen molar-refractivity contribution < 1.29 is 4.79 Å². The zero-order chi connectivity index (χ0) is 8.72. The van der Waals surface area contributed by atoms with Gasteiger partial charge in [0.05, 0.1) is 11.4 Å². The summed E-state index contributed by atoms with van der Waals surface area (Å²) in [5, 5.41) is 2.62. The minimum absolute atomic E-state index is 0.104. The van der Waals surface area contributed by atoms with Gasteiger partial charge in [0, 0.05) is 0 Å². The van der Waals surface area contributed by atoms with Crippen molar-refractivity contribution in [1.29, 1.82) is 0 Å². The van der Waals surface area contributed by atoms with Gasteiger partial charge in [0.15, 0.2) is 5.69 Å². The van der Waals surface area contributed by atoms with E-state index in [1.54, 1.807) is 0 Å². The van der Waals surface area contributed by atoms with Gasteiger partial charge in [-0.05, 0) is 24.6 Å². The Hall–Kier alpha value is -1.64. The highest BCUT2D eigenvalue weighted by Crippen LogP contribution is 2.24. The zero-order valence-electron chi connectivity index (χ0n) is 6.72. The first kappa shape index (κ1) is 7.03. The number of nitrogens with one attached hydrogen (secondary N) is 1. The normalized spacial score (nSPS) is 12.9. The maximum atomic E-state index is 10.9. The van der Waals surface area contributed by atoms with Crippen LogP contribution in [0.25, 0.3) is 5.57 Å². The average molecular weight is 160 g/mol. The van der Waals surface area contributed by atoms with Gasteiger partial charge in [-0.1, -0.05) is 6.58 Å². The second kappa shape index (κ2) is 2.17. The number of aromatic nitrogens is 1. The van der Waals surface area contributed by atoms with Gasteiger partial charge in [0.25, 0.3) is 5.91 Å². The first-order valence-electron chi connectivity index (χ1n) is 3.67. The van der Waals surface area contributed by atoms with Crippen LogP contribution in [0.3, 0.4) is 0 Å². The fourth-order valence-corrected chi connectivity index (χ4v) is 1.09. The summed E-state index contributed by atoms with van der Waals surface area (Å²) in [6, 6.07) is 3.69. The molecule has 1 amide bonds. The fourth-order valence-electron chi connectivity index (χ4n) is 1.09. The van der Waals surface area contributed by atoms with E-state index in [2.05, 4.69) is 16.9 Å². The average Bonchev–Trinajstić information content (AvgIpc) is 2.02. The molecule has 60 valence electrons. The van der Waals surface area contributed by atoms with Gasteiger partial charge in [-0.25, -0.2) is 4.98 Å². The second-order valence-electron chi connectivity index (χ2n) is 2.83. The number of pyridine rings is 1. The Bertz CT molecular complexity index is 382. The number of rotatable bonds is 1. The van der Waals surface area contributed by atoms with Gasteiger partial charge >= 0.3 is 0 Å². The molecule has 1 N–H and O–H groups in total. The quantitative estimate of drug-likeness (QED) is 0.679. The largest absolute Gasteiger partial charge is 0.318 e. The van der Waals surface area contributed by atoms with E-state index in [-0.39, 0.29) is 5.91 Å². The monoisotopic (exact) mass is 160 g/mol. The van der Waals surface area contributed by atoms with Crippen LogP contribution in [0.2, 0.25) is 0 Å². The molecule has 0 spiro atoms. The minimum Gasteiger partial charge on any atom is -0.318 e. The van der Waals surface area contributed by atoms with Gasteiger partial charge in [0.2, 0.25) is 0 Å². The lowest BCUT2D eigenvalue weighted by atomic mass is 10.1. The van der Waals surface area contributed by atoms with Gasteiger partial charge in [-0.2, -0.15) is 0 Å². The second-order valence-corrected chi connectivity index (χ2v) is 2.83. The van der Waals surface area contributed by atoms with Crippen LogP contribution in [0.15, 0.2) is 18.7 Å². The Morgan fingerprint density at radius 1 is 1.58 bits per heavy atom. The molecular formula is C9H8N2O. The molecule has 0 radical (unpaired) electrons.